The number of sulfonamides is 1. The summed E-state index contributed by atoms with van der Waals surface area (Å²) >= 11 is 6.30. The molecule has 7 nitrogen and oxygen atoms in total. The average molecular weight is 589 g/mol. The summed E-state index contributed by atoms with van der Waals surface area (Å²) in [6.45, 7) is 3.79. The van der Waals surface area contributed by atoms with Gasteiger partial charge in [-0.3, -0.25) is 9.10 Å². The summed E-state index contributed by atoms with van der Waals surface area (Å²) in [5, 5.41) is -0.0560. The number of rotatable bonds is 12. The number of hydrogen-bond donors (Lipinski definition) is 0. The zero-order valence-electron chi connectivity index (χ0n) is 22.2. The number of benzene rings is 4. The Hall–Kier alpha value is -4.40. The lowest BCUT2D eigenvalue weighted by molar-refractivity contribution is -0.135. The fourth-order valence-corrected chi connectivity index (χ4v) is 6.08. The molecule has 0 saturated carbocycles. The minimum absolute atomic E-state index is 0.00941. The van der Waals surface area contributed by atoms with Crippen LogP contribution in [0, 0.1) is 0 Å². The van der Waals surface area contributed by atoms with Crippen molar-refractivity contribution in [2.75, 3.05) is 17.5 Å². The van der Waals surface area contributed by atoms with Gasteiger partial charge in [0.25, 0.3) is 15.9 Å². The van der Waals surface area contributed by atoms with Gasteiger partial charge < -0.3 is 9.64 Å². The molecule has 0 bridgehead atoms. The summed E-state index contributed by atoms with van der Waals surface area (Å²) in [7, 11) is -4.17. The summed E-state index contributed by atoms with van der Waals surface area (Å²) in [5.74, 6) is -1.24. The molecule has 0 saturated heterocycles. The predicted molar refractivity (Wildman–Crippen MR) is 160 cm³/mol. The fourth-order valence-electron chi connectivity index (χ4n) is 4.14. The first-order valence-corrected chi connectivity index (χ1v) is 14.6. The SMILES string of the molecule is C=CCN(c1ccccc1)S(=O)(=O)c1cc(C(=O)OCC(=O)N(Cc2ccccc2)Cc2ccccc2)ccc1Cl. The van der Waals surface area contributed by atoms with Crippen LogP contribution in [0.15, 0.2) is 127 Å². The Labute approximate surface area is 245 Å². The second-order valence-electron chi connectivity index (χ2n) is 9.10. The van der Waals surface area contributed by atoms with Crippen LogP contribution in [0.3, 0.4) is 0 Å². The highest BCUT2D eigenvalue weighted by Gasteiger charge is 2.28. The first-order valence-electron chi connectivity index (χ1n) is 12.8. The molecule has 1 amide bonds. The van der Waals surface area contributed by atoms with Crippen LogP contribution in [0.25, 0.3) is 0 Å². The topological polar surface area (TPSA) is 84.0 Å². The monoisotopic (exact) mass is 588 g/mol. The lowest BCUT2D eigenvalue weighted by Crippen LogP contribution is -2.34. The predicted octanol–water partition coefficient (Wildman–Crippen LogP) is 6.11. The molecule has 9 heteroatoms. The second kappa shape index (κ2) is 13.8. The van der Waals surface area contributed by atoms with Crippen molar-refractivity contribution in [2.24, 2.45) is 0 Å². The van der Waals surface area contributed by atoms with Crippen LogP contribution in [0.2, 0.25) is 5.02 Å². The molecule has 210 valence electrons. The standard InChI is InChI=1S/C32H29ClN2O5S/c1-2-20-35(28-16-10-5-11-17-28)41(38,39)30-21-27(18-19-29(30)33)32(37)40-24-31(36)34(22-25-12-6-3-7-13-25)23-26-14-8-4-9-15-26/h2-19,21H,1,20,22-24H2. The minimum atomic E-state index is -4.17. The largest absolute Gasteiger partial charge is 0.452 e. The van der Waals surface area contributed by atoms with E-state index in [1.807, 2.05) is 60.7 Å². The van der Waals surface area contributed by atoms with E-state index in [1.165, 1.54) is 18.2 Å². The molecule has 4 rings (SSSR count). The molecule has 0 radical (unpaired) electrons. The second-order valence-corrected chi connectivity index (χ2v) is 11.3. The van der Waals surface area contributed by atoms with Crippen LogP contribution in [0.4, 0.5) is 5.69 Å². The number of para-hydroxylation sites is 1. The van der Waals surface area contributed by atoms with Crippen molar-refractivity contribution >= 4 is 39.2 Å². The molecule has 0 heterocycles. The molecular formula is C32H29ClN2O5S. The maximum Gasteiger partial charge on any atom is 0.338 e. The Kier molecular flexibility index (Phi) is 9.95. The van der Waals surface area contributed by atoms with Crippen molar-refractivity contribution < 1.29 is 22.7 Å². The molecule has 0 aliphatic rings. The van der Waals surface area contributed by atoms with Crippen LogP contribution in [-0.4, -0.2) is 38.3 Å². The van der Waals surface area contributed by atoms with E-state index in [9.17, 15) is 18.0 Å². The third kappa shape index (κ3) is 7.63. The normalized spacial score (nSPS) is 11.0. The summed E-state index contributed by atoms with van der Waals surface area (Å²) in [6.07, 6.45) is 1.46. The number of carbonyl (C=O) groups is 2. The van der Waals surface area contributed by atoms with Gasteiger partial charge in [-0.25, -0.2) is 13.2 Å². The van der Waals surface area contributed by atoms with E-state index in [0.717, 1.165) is 21.5 Å². The molecular weight excluding hydrogens is 560 g/mol. The number of carbonyl (C=O) groups excluding carboxylic acids is 2. The smallest absolute Gasteiger partial charge is 0.338 e. The highest BCUT2D eigenvalue weighted by molar-refractivity contribution is 7.93. The first-order chi connectivity index (χ1) is 19.8. The van der Waals surface area contributed by atoms with Crippen LogP contribution in [0.5, 0.6) is 0 Å². The maximum atomic E-state index is 13.6. The van der Waals surface area contributed by atoms with E-state index in [-0.39, 0.29) is 22.0 Å². The summed E-state index contributed by atoms with van der Waals surface area (Å²) < 4.78 is 33.7. The van der Waals surface area contributed by atoms with Gasteiger partial charge in [-0.1, -0.05) is 96.5 Å². The Balaban J connectivity index is 1.52. The van der Waals surface area contributed by atoms with Crippen molar-refractivity contribution in [3.05, 3.63) is 144 Å². The Bertz CT molecular complexity index is 1560. The minimum Gasteiger partial charge on any atom is -0.452 e. The highest BCUT2D eigenvalue weighted by atomic mass is 35.5. The van der Waals surface area contributed by atoms with E-state index >= 15 is 0 Å². The number of amides is 1. The van der Waals surface area contributed by atoms with Crippen LogP contribution in [0.1, 0.15) is 21.5 Å². The highest BCUT2D eigenvalue weighted by Crippen LogP contribution is 2.29. The molecule has 41 heavy (non-hydrogen) atoms. The van der Waals surface area contributed by atoms with Crippen molar-refractivity contribution in [2.45, 2.75) is 18.0 Å². The van der Waals surface area contributed by atoms with E-state index < -0.39 is 28.5 Å². The molecule has 0 atom stereocenters. The van der Waals surface area contributed by atoms with Gasteiger partial charge in [-0.15, -0.1) is 6.58 Å². The summed E-state index contributed by atoms with van der Waals surface area (Å²) in [4.78, 5) is 27.5. The number of hydrogen-bond acceptors (Lipinski definition) is 5. The molecule has 0 aromatic heterocycles. The van der Waals surface area contributed by atoms with Gasteiger partial charge in [0, 0.05) is 13.1 Å². The van der Waals surface area contributed by atoms with Gasteiger partial charge >= 0.3 is 5.97 Å². The van der Waals surface area contributed by atoms with Gasteiger partial charge in [0.05, 0.1) is 22.8 Å². The van der Waals surface area contributed by atoms with Crippen molar-refractivity contribution in [1.29, 1.82) is 0 Å². The van der Waals surface area contributed by atoms with Gasteiger partial charge in [0.1, 0.15) is 4.90 Å². The van der Waals surface area contributed by atoms with Gasteiger partial charge in [-0.05, 0) is 41.5 Å². The van der Waals surface area contributed by atoms with E-state index in [4.69, 9.17) is 16.3 Å². The number of anilines is 1. The summed E-state index contributed by atoms with van der Waals surface area (Å²) in [6, 6.07) is 31.3. The van der Waals surface area contributed by atoms with Gasteiger partial charge in [0.2, 0.25) is 0 Å². The first kappa shape index (κ1) is 29.6. The Morgan fingerprint density at radius 3 is 1.88 bits per heavy atom. The number of nitrogens with zero attached hydrogens (tertiary/aromatic N) is 2. The molecule has 0 unspecified atom stereocenters. The quantitative estimate of drug-likeness (QED) is 0.147. The molecule has 4 aromatic carbocycles. The third-order valence-electron chi connectivity index (χ3n) is 6.19. The lowest BCUT2D eigenvalue weighted by atomic mass is 10.1. The third-order valence-corrected chi connectivity index (χ3v) is 8.46. The van der Waals surface area contributed by atoms with E-state index in [2.05, 4.69) is 6.58 Å². The number of ether oxygens (including phenoxy) is 1. The number of halogens is 1. The van der Waals surface area contributed by atoms with Crippen molar-refractivity contribution in [1.82, 2.24) is 4.90 Å². The Morgan fingerprint density at radius 1 is 0.805 bits per heavy atom. The van der Waals surface area contributed by atoms with E-state index in [1.54, 1.807) is 35.2 Å². The zero-order valence-corrected chi connectivity index (χ0v) is 23.8. The molecule has 0 N–H and O–H groups in total. The molecule has 0 spiro atoms. The zero-order chi connectivity index (χ0) is 29.2. The fraction of sp³-hybridized carbons (Fsp3) is 0.125. The van der Waals surface area contributed by atoms with Gasteiger partial charge in [-0.2, -0.15) is 0 Å². The molecule has 0 aliphatic heterocycles. The van der Waals surface area contributed by atoms with Crippen molar-refractivity contribution in [3.63, 3.8) is 0 Å². The van der Waals surface area contributed by atoms with Crippen molar-refractivity contribution in [3.8, 4) is 0 Å². The van der Waals surface area contributed by atoms with Crippen LogP contribution >= 0.6 is 11.6 Å². The summed E-state index contributed by atoms with van der Waals surface area (Å²) in [5.41, 5.74) is 2.22. The van der Waals surface area contributed by atoms with Gasteiger partial charge in [0.15, 0.2) is 6.61 Å². The maximum absolute atomic E-state index is 13.6. The molecule has 0 fully saturated rings. The van der Waals surface area contributed by atoms with E-state index in [0.29, 0.717) is 18.8 Å². The molecule has 4 aromatic rings. The lowest BCUT2D eigenvalue weighted by Gasteiger charge is -2.24. The number of esters is 1. The van der Waals surface area contributed by atoms with Crippen LogP contribution < -0.4 is 4.31 Å². The average Bonchev–Trinajstić information content (AvgIpc) is 2.99. The Morgan fingerprint density at radius 2 is 1.34 bits per heavy atom. The van der Waals surface area contributed by atoms with Crippen LogP contribution in [-0.2, 0) is 32.6 Å². The molecule has 0 aliphatic carbocycles.